The average Bonchev–Trinajstić information content (AvgIpc) is 3.51. The first-order valence-corrected chi connectivity index (χ1v) is 32.5. The molecule has 0 aromatic rings. The molecule has 2 N–H and O–H groups in total. The summed E-state index contributed by atoms with van der Waals surface area (Å²) < 4.78 is 121. The maximum Gasteiger partial charge on any atom is 0.0701 e. The summed E-state index contributed by atoms with van der Waals surface area (Å²) in [5.41, 5.74) is 5.35. The third-order valence-corrected chi connectivity index (χ3v) is 11.9. The van der Waals surface area contributed by atoms with Crippen LogP contribution in [0.15, 0.2) is 12.2 Å². The van der Waals surface area contributed by atoms with Crippen LogP contribution in [-0.4, -0.2) is 297 Å². The fourth-order valence-corrected chi connectivity index (χ4v) is 7.26. The Balaban J connectivity index is 3.09. The molecule has 0 aromatic carbocycles. The third-order valence-electron chi connectivity index (χ3n) is 11.9. The normalized spacial score (nSPS) is 11.9. The van der Waals surface area contributed by atoms with Crippen molar-refractivity contribution in [1.29, 1.82) is 0 Å². The number of unbranched alkanes of at least 4 members (excludes halogenated alkanes) is 12. The van der Waals surface area contributed by atoms with E-state index in [0.29, 0.717) is 291 Å². The van der Waals surface area contributed by atoms with Gasteiger partial charge in [-0.3, -0.25) is 0 Å². The van der Waals surface area contributed by atoms with Gasteiger partial charge in [0, 0.05) is 13.2 Å². The molecule has 0 aliphatic heterocycles. The molecule has 0 saturated heterocycles. The van der Waals surface area contributed by atoms with E-state index in [1.165, 1.54) is 83.5 Å². The molecular formula is C62H125NO22. The standard InChI is InChI=1S/C62H125NO22/c1-2-3-4-5-6-7-8-9-10-11-12-13-14-15-16-17-19-64-21-23-66-25-27-68-29-31-70-33-35-72-37-39-74-41-43-76-45-47-78-49-51-80-53-55-82-57-59-84-61-62-85-60-58-83-56-54-81-52-50-79-48-46-77-44-42-75-40-38-73-36-34-71-32-30-69-28-26-67-24-22-65-20-18-63/h12-13H,2-11,14-63H2,1H3/b13-12+. The van der Waals surface area contributed by atoms with Crippen LogP contribution in [0.2, 0.25) is 0 Å². The van der Waals surface area contributed by atoms with Crippen LogP contribution >= 0.6 is 0 Å². The van der Waals surface area contributed by atoms with Crippen LogP contribution in [0.1, 0.15) is 96.8 Å². The highest BCUT2D eigenvalue weighted by molar-refractivity contribution is 4.81. The number of nitrogens with two attached hydrogens (primary N) is 1. The molecule has 0 unspecified atom stereocenters. The summed E-state index contributed by atoms with van der Waals surface area (Å²) in [6.07, 6.45) is 23.3. The second-order valence-electron chi connectivity index (χ2n) is 19.2. The highest BCUT2D eigenvalue weighted by Gasteiger charge is 2.01. The van der Waals surface area contributed by atoms with Crippen molar-refractivity contribution < 1.29 is 104 Å². The number of rotatable bonds is 81. The Bertz CT molecular complexity index is 1180. The molecule has 0 fully saturated rings. The van der Waals surface area contributed by atoms with Gasteiger partial charge in [-0.1, -0.05) is 76.9 Å². The quantitative estimate of drug-likeness (QED) is 0.0517. The van der Waals surface area contributed by atoms with Gasteiger partial charge in [-0.15, -0.1) is 0 Å². The zero-order valence-corrected chi connectivity index (χ0v) is 53.4. The SMILES string of the molecule is CCCCCCCCCCC/C=C/CCCCCOCCOCCOCCOCCOCCOCCOCCOCCOCCOCCOCCOCCOCCOCCOCCOCCOCCOCCOCCOCCOCCOCCN. The van der Waals surface area contributed by atoms with Gasteiger partial charge in [0.05, 0.1) is 284 Å². The maximum atomic E-state index is 5.69. The van der Waals surface area contributed by atoms with Gasteiger partial charge in [0.25, 0.3) is 0 Å². The van der Waals surface area contributed by atoms with Crippen molar-refractivity contribution >= 4 is 0 Å². The molecule has 0 heterocycles. The minimum Gasteiger partial charge on any atom is -0.379 e. The molecular weight excluding hydrogens is 1110 g/mol. The topological polar surface area (TPSA) is 229 Å². The van der Waals surface area contributed by atoms with E-state index in [2.05, 4.69) is 19.1 Å². The van der Waals surface area contributed by atoms with Gasteiger partial charge in [0.1, 0.15) is 0 Å². The summed E-state index contributed by atoms with van der Waals surface area (Å²) in [4.78, 5) is 0. The first-order chi connectivity index (χ1) is 42.4. The highest BCUT2D eigenvalue weighted by Crippen LogP contribution is 2.11. The molecule has 0 rings (SSSR count). The van der Waals surface area contributed by atoms with Crippen LogP contribution in [-0.2, 0) is 104 Å². The van der Waals surface area contributed by atoms with Crippen LogP contribution < -0.4 is 5.73 Å². The van der Waals surface area contributed by atoms with Crippen molar-refractivity contribution in [1.82, 2.24) is 0 Å². The van der Waals surface area contributed by atoms with E-state index in [9.17, 15) is 0 Å². The van der Waals surface area contributed by atoms with Crippen molar-refractivity contribution in [2.24, 2.45) is 5.73 Å². The summed E-state index contributed by atoms with van der Waals surface area (Å²) in [7, 11) is 0. The minimum absolute atomic E-state index is 0.490. The summed E-state index contributed by atoms with van der Waals surface area (Å²) in [6, 6.07) is 0. The zero-order chi connectivity index (χ0) is 60.7. The minimum atomic E-state index is 0.490. The Morgan fingerprint density at radius 3 is 0.482 bits per heavy atom. The molecule has 0 bridgehead atoms. The number of ether oxygens (including phenoxy) is 22. The van der Waals surface area contributed by atoms with E-state index in [0.717, 1.165) is 13.0 Å². The smallest absolute Gasteiger partial charge is 0.0701 e. The van der Waals surface area contributed by atoms with Crippen LogP contribution in [0.5, 0.6) is 0 Å². The predicted octanol–water partition coefficient (Wildman–Crippen LogP) is 6.35. The summed E-state index contributed by atoms with van der Waals surface area (Å²) in [5, 5.41) is 0. The van der Waals surface area contributed by atoms with E-state index in [1.54, 1.807) is 0 Å². The first kappa shape index (κ1) is 83.8. The molecule has 0 aliphatic carbocycles. The van der Waals surface area contributed by atoms with Gasteiger partial charge in [0.2, 0.25) is 0 Å². The molecule has 0 aromatic heterocycles. The molecule has 23 nitrogen and oxygen atoms in total. The Hall–Kier alpha value is -1.18. The Kier molecular flexibility index (Phi) is 81.7. The van der Waals surface area contributed by atoms with Gasteiger partial charge in [-0.2, -0.15) is 0 Å². The van der Waals surface area contributed by atoms with E-state index in [4.69, 9.17) is 110 Å². The monoisotopic (exact) mass is 1240 g/mol. The largest absolute Gasteiger partial charge is 0.379 e. The lowest BCUT2D eigenvalue weighted by Gasteiger charge is -2.09. The second kappa shape index (κ2) is 82.8. The fourth-order valence-electron chi connectivity index (χ4n) is 7.26. The number of hydrogen-bond acceptors (Lipinski definition) is 23. The Morgan fingerprint density at radius 2 is 0.306 bits per heavy atom. The lowest BCUT2D eigenvalue weighted by Crippen LogP contribution is -2.16. The summed E-state index contributed by atoms with van der Waals surface area (Å²) in [6.45, 7) is 25.6. The molecule has 0 radical (unpaired) electrons. The third kappa shape index (κ3) is 82.8. The molecule has 0 spiro atoms. The van der Waals surface area contributed by atoms with Crippen molar-refractivity contribution in [3.63, 3.8) is 0 Å². The first-order valence-electron chi connectivity index (χ1n) is 32.5. The van der Waals surface area contributed by atoms with Crippen LogP contribution in [0.25, 0.3) is 0 Å². The maximum absolute atomic E-state index is 5.69. The number of allylic oxidation sites excluding steroid dienone is 2. The predicted molar refractivity (Wildman–Crippen MR) is 327 cm³/mol. The van der Waals surface area contributed by atoms with Gasteiger partial charge < -0.3 is 110 Å². The summed E-state index contributed by atoms with van der Waals surface area (Å²) >= 11 is 0. The lowest BCUT2D eigenvalue weighted by atomic mass is 10.1. The Morgan fingerprint density at radius 1 is 0.165 bits per heavy atom. The van der Waals surface area contributed by atoms with Gasteiger partial charge in [-0.25, -0.2) is 0 Å². The zero-order valence-electron chi connectivity index (χ0n) is 53.4. The van der Waals surface area contributed by atoms with Crippen LogP contribution in [0.3, 0.4) is 0 Å². The molecule has 0 aliphatic rings. The van der Waals surface area contributed by atoms with Crippen molar-refractivity contribution in [2.75, 3.05) is 297 Å². The van der Waals surface area contributed by atoms with E-state index in [-0.39, 0.29) is 0 Å². The van der Waals surface area contributed by atoms with Crippen molar-refractivity contribution in [2.45, 2.75) is 96.8 Å². The van der Waals surface area contributed by atoms with E-state index in [1.807, 2.05) is 0 Å². The molecule has 510 valence electrons. The van der Waals surface area contributed by atoms with Gasteiger partial charge >= 0.3 is 0 Å². The molecule has 0 saturated carbocycles. The second-order valence-corrected chi connectivity index (χ2v) is 19.2. The van der Waals surface area contributed by atoms with Crippen molar-refractivity contribution in [3.8, 4) is 0 Å². The summed E-state index contributed by atoms with van der Waals surface area (Å²) in [5.74, 6) is 0. The molecule has 0 amide bonds. The Labute approximate surface area is 514 Å². The van der Waals surface area contributed by atoms with Crippen LogP contribution in [0, 0.1) is 0 Å². The molecule has 23 heteroatoms. The average molecular weight is 1240 g/mol. The van der Waals surface area contributed by atoms with Gasteiger partial charge in [0.15, 0.2) is 0 Å². The lowest BCUT2D eigenvalue weighted by molar-refractivity contribution is -0.0317. The van der Waals surface area contributed by atoms with Gasteiger partial charge in [-0.05, 0) is 32.1 Å². The fraction of sp³-hybridized carbons (Fsp3) is 0.968. The van der Waals surface area contributed by atoms with Crippen molar-refractivity contribution in [3.05, 3.63) is 12.2 Å². The molecule has 0 atom stereocenters. The van der Waals surface area contributed by atoms with E-state index < -0.39 is 0 Å². The highest BCUT2D eigenvalue weighted by atomic mass is 16.6. The van der Waals surface area contributed by atoms with Crippen LogP contribution in [0.4, 0.5) is 0 Å². The number of hydrogen-bond donors (Lipinski definition) is 1. The van der Waals surface area contributed by atoms with E-state index >= 15 is 0 Å². The molecule has 85 heavy (non-hydrogen) atoms.